The molecule has 2 aliphatic heterocycles. The van der Waals surface area contributed by atoms with Gasteiger partial charge in [0.1, 0.15) is 11.4 Å². The number of ether oxygens (including phenoxy) is 2. The second-order valence-corrected chi connectivity index (χ2v) is 8.70. The van der Waals surface area contributed by atoms with Crippen LogP contribution in [-0.2, 0) is 9.53 Å². The minimum atomic E-state index is -0.495. The van der Waals surface area contributed by atoms with E-state index in [0.29, 0.717) is 25.9 Å². The van der Waals surface area contributed by atoms with Crippen molar-refractivity contribution in [1.29, 1.82) is 0 Å². The van der Waals surface area contributed by atoms with Gasteiger partial charge in [-0.25, -0.2) is 4.79 Å². The van der Waals surface area contributed by atoms with Gasteiger partial charge >= 0.3 is 6.09 Å². The van der Waals surface area contributed by atoms with Gasteiger partial charge in [-0.05, 0) is 64.2 Å². The fourth-order valence-electron chi connectivity index (χ4n) is 4.07. The number of piperidine rings is 1. The van der Waals surface area contributed by atoms with Crippen LogP contribution in [0.3, 0.4) is 0 Å². The van der Waals surface area contributed by atoms with E-state index in [4.69, 9.17) is 9.47 Å². The van der Waals surface area contributed by atoms with Gasteiger partial charge in [0.25, 0.3) is 0 Å². The van der Waals surface area contributed by atoms with Gasteiger partial charge in [-0.1, -0.05) is 12.1 Å². The molecule has 2 aliphatic rings. The summed E-state index contributed by atoms with van der Waals surface area (Å²) in [4.78, 5) is 29.2. The van der Waals surface area contributed by atoms with Crippen molar-refractivity contribution in [2.24, 2.45) is 5.92 Å². The Hall–Kier alpha value is -2.24. The van der Waals surface area contributed by atoms with E-state index in [-0.39, 0.29) is 24.0 Å². The highest BCUT2D eigenvalue weighted by Crippen LogP contribution is 2.35. The fourth-order valence-corrected chi connectivity index (χ4v) is 4.07. The molecule has 28 heavy (non-hydrogen) atoms. The van der Waals surface area contributed by atoms with Crippen molar-refractivity contribution in [2.45, 2.75) is 58.1 Å². The number of methoxy groups -OCH3 is 1. The number of carbonyl (C=O) groups excluding carboxylic acids is 2. The molecular formula is C22H32N2O4. The van der Waals surface area contributed by atoms with Gasteiger partial charge in [0.05, 0.1) is 13.2 Å². The summed E-state index contributed by atoms with van der Waals surface area (Å²) in [6.07, 6.45) is 3.14. The molecule has 2 saturated heterocycles. The molecule has 1 aromatic rings. The van der Waals surface area contributed by atoms with E-state index in [1.807, 2.05) is 37.8 Å². The maximum atomic E-state index is 13.2. The number of hydrogen-bond donors (Lipinski definition) is 0. The summed E-state index contributed by atoms with van der Waals surface area (Å²) in [7, 11) is 1.66. The van der Waals surface area contributed by atoms with Gasteiger partial charge in [-0.2, -0.15) is 0 Å². The summed E-state index contributed by atoms with van der Waals surface area (Å²) in [6.45, 7) is 7.57. The molecule has 0 N–H and O–H groups in total. The Bertz CT molecular complexity index is 687. The molecule has 154 valence electrons. The number of carbonyl (C=O) groups is 2. The summed E-state index contributed by atoms with van der Waals surface area (Å²) in [5.41, 5.74) is 0.670. The van der Waals surface area contributed by atoms with E-state index in [1.165, 1.54) is 0 Å². The molecule has 0 aliphatic carbocycles. The van der Waals surface area contributed by atoms with Crippen LogP contribution < -0.4 is 4.74 Å². The lowest BCUT2D eigenvalue weighted by Gasteiger charge is -2.35. The molecular weight excluding hydrogens is 356 g/mol. The molecule has 0 saturated carbocycles. The first-order valence-electron chi connectivity index (χ1n) is 10.2. The highest BCUT2D eigenvalue weighted by Gasteiger charge is 2.36. The third kappa shape index (κ3) is 4.78. The van der Waals surface area contributed by atoms with E-state index in [2.05, 4.69) is 12.1 Å². The maximum absolute atomic E-state index is 13.2. The van der Waals surface area contributed by atoms with Crippen LogP contribution in [0.1, 0.15) is 58.1 Å². The third-order valence-corrected chi connectivity index (χ3v) is 5.53. The van der Waals surface area contributed by atoms with Crippen LogP contribution in [0.15, 0.2) is 24.3 Å². The normalized spacial score (nSPS) is 20.9. The van der Waals surface area contributed by atoms with Gasteiger partial charge < -0.3 is 19.3 Å². The number of benzene rings is 1. The lowest BCUT2D eigenvalue weighted by Crippen LogP contribution is -2.45. The van der Waals surface area contributed by atoms with E-state index in [1.54, 1.807) is 12.0 Å². The van der Waals surface area contributed by atoms with Crippen LogP contribution >= 0.6 is 0 Å². The molecule has 2 heterocycles. The van der Waals surface area contributed by atoms with E-state index in [0.717, 1.165) is 30.7 Å². The second kappa shape index (κ2) is 8.41. The summed E-state index contributed by atoms with van der Waals surface area (Å²) < 4.78 is 10.7. The Balaban J connectivity index is 1.58. The average molecular weight is 389 g/mol. The lowest BCUT2D eigenvalue weighted by molar-refractivity contribution is -0.138. The smallest absolute Gasteiger partial charge is 0.410 e. The Kier molecular flexibility index (Phi) is 6.16. The molecule has 2 amide bonds. The first-order chi connectivity index (χ1) is 13.3. The molecule has 1 atom stereocenters. The molecule has 6 heteroatoms. The largest absolute Gasteiger partial charge is 0.497 e. The van der Waals surface area contributed by atoms with Gasteiger partial charge in [0, 0.05) is 25.6 Å². The quantitative estimate of drug-likeness (QED) is 0.785. The topological polar surface area (TPSA) is 59.1 Å². The van der Waals surface area contributed by atoms with E-state index < -0.39 is 5.60 Å². The van der Waals surface area contributed by atoms with E-state index >= 15 is 0 Å². The van der Waals surface area contributed by atoms with Crippen LogP contribution in [0.5, 0.6) is 5.75 Å². The molecule has 1 unspecified atom stereocenters. The summed E-state index contributed by atoms with van der Waals surface area (Å²) >= 11 is 0. The van der Waals surface area contributed by atoms with Crippen molar-refractivity contribution in [2.75, 3.05) is 26.7 Å². The molecule has 6 nitrogen and oxygen atoms in total. The summed E-state index contributed by atoms with van der Waals surface area (Å²) in [5.74, 6) is 1.04. The predicted molar refractivity (Wildman–Crippen MR) is 107 cm³/mol. The first-order valence-corrected chi connectivity index (χ1v) is 10.2. The zero-order chi connectivity index (χ0) is 20.3. The highest BCUT2D eigenvalue weighted by molar-refractivity contribution is 5.80. The molecule has 0 bridgehead atoms. The summed E-state index contributed by atoms with van der Waals surface area (Å²) in [5, 5.41) is 0. The van der Waals surface area contributed by atoms with Crippen molar-refractivity contribution in [3.05, 3.63) is 29.8 Å². The third-order valence-electron chi connectivity index (χ3n) is 5.53. The van der Waals surface area contributed by atoms with Crippen molar-refractivity contribution < 1.29 is 19.1 Å². The Morgan fingerprint density at radius 1 is 1.00 bits per heavy atom. The number of likely N-dealkylation sites (tertiary alicyclic amines) is 2. The van der Waals surface area contributed by atoms with Crippen LogP contribution in [0, 0.1) is 5.92 Å². The Labute approximate surface area is 167 Å². The fraction of sp³-hybridized carbons (Fsp3) is 0.636. The standard InChI is InChI=1S/C22H32N2O4/c1-22(2,3)28-21(26)23-14-11-17(12-15-23)20(25)24-13-5-6-19(24)16-7-9-18(27-4)10-8-16/h7-10,17,19H,5-6,11-15H2,1-4H3. The minimum absolute atomic E-state index is 0.0162. The van der Waals surface area contributed by atoms with Crippen molar-refractivity contribution in [1.82, 2.24) is 9.80 Å². The van der Waals surface area contributed by atoms with Gasteiger partial charge in [-0.15, -0.1) is 0 Å². The zero-order valence-corrected chi connectivity index (χ0v) is 17.4. The summed E-state index contributed by atoms with van der Waals surface area (Å²) in [6, 6.07) is 8.16. The molecule has 3 rings (SSSR count). The second-order valence-electron chi connectivity index (χ2n) is 8.70. The lowest BCUT2D eigenvalue weighted by atomic mass is 9.94. The molecule has 2 fully saturated rings. The SMILES string of the molecule is COc1ccc(C2CCCN2C(=O)C2CCN(C(=O)OC(C)(C)C)CC2)cc1. The van der Waals surface area contributed by atoms with Crippen LogP contribution in [-0.4, -0.2) is 54.1 Å². The van der Waals surface area contributed by atoms with Crippen LogP contribution in [0.25, 0.3) is 0 Å². The molecule has 0 aromatic heterocycles. The average Bonchev–Trinajstić information content (AvgIpc) is 3.16. The van der Waals surface area contributed by atoms with Gasteiger partial charge in [0.15, 0.2) is 0 Å². The monoisotopic (exact) mass is 388 g/mol. The maximum Gasteiger partial charge on any atom is 0.410 e. The Morgan fingerprint density at radius 3 is 2.21 bits per heavy atom. The Morgan fingerprint density at radius 2 is 1.64 bits per heavy atom. The van der Waals surface area contributed by atoms with Crippen molar-refractivity contribution in [3.63, 3.8) is 0 Å². The number of amides is 2. The van der Waals surface area contributed by atoms with Gasteiger partial charge in [-0.3, -0.25) is 4.79 Å². The number of hydrogen-bond acceptors (Lipinski definition) is 4. The minimum Gasteiger partial charge on any atom is -0.497 e. The molecule has 0 spiro atoms. The first kappa shape index (κ1) is 20.5. The molecule has 1 aromatic carbocycles. The van der Waals surface area contributed by atoms with Crippen LogP contribution in [0.4, 0.5) is 4.79 Å². The number of nitrogens with zero attached hydrogens (tertiary/aromatic N) is 2. The van der Waals surface area contributed by atoms with Crippen molar-refractivity contribution in [3.8, 4) is 5.75 Å². The zero-order valence-electron chi connectivity index (χ0n) is 17.4. The van der Waals surface area contributed by atoms with Gasteiger partial charge in [0.2, 0.25) is 5.91 Å². The highest BCUT2D eigenvalue weighted by atomic mass is 16.6. The number of rotatable bonds is 3. The van der Waals surface area contributed by atoms with Crippen LogP contribution in [0.2, 0.25) is 0 Å². The molecule has 0 radical (unpaired) electrons. The van der Waals surface area contributed by atoms with E-state index in [9.17, 15) is 9.59 Å². The predicted octanol–water partition coefficient (Wildman–Crippen LogP) is 4.01. The van der Waals surface area contributed by atoms with Crippen molar-refractivity contribution >= 4 is 12.0 Å².